The van der Waals surface area contributed by atoms with Gasteiger partial charge in [0.25, 0.3) is 5.91 Å². The van der Waals surface area contributed by atoms with Gasteiger partial charge in [0.2, 0.25) is 0 Å². The molecule has 36 heavy (non-hydrogen) atoms. The number of nitrogens with one attached hydrogen (secondary N) is 2. The van der Waals surface area contributed by atoms with Crippen LogP contribution in [0.3, 0.4) is 0 Å². The maximum atomic E-state index is 13.3. The minimum atomic E-state index is -0.324. The summed E-state index contributed by atoms with van der Waals surface area (Å²) in [6.45, 7) is 1.72. The first-order valence-corrected chi connectivity index (χ1v) is 12.4. The van der Waals surface area contributed by atoms with Gasteiger partial charge in [0.1, 0.15) is 5.75 Å². The van der Waals surface area contributed by atoms with Crippen LogP contribution in [0.4, 0.5) is 16.2 Å². The van der Waals surface area contributed by atoms with Crippen molar-refractivity contribution in [3.63, 3.8) is 0 Å². The number of benzene rings is 3. The highest BCUT2D eigenvalue weighted by molar-refractivity contribution is 6.30. The van der Waals surface area contributed by atoms with E-state index in [9.17, 15) is 9.59 Å². The van der Waals surface area contributed by atoms with Crippen molar-refractivity contribution in [3.8, 4) is 5.75 Å². The number of methoxy groups -OCH3 is 1. The molecular formula is C28H31ClN4O3. The van der Waals surface area contributed by atoms with E-state index in [0.717, 1.165) is 32.4 Å². The molecular weight excluding hydrogens is 476 g/mol. The molecule has 2 N–H and O–H groups in total. The Labute approximate surface area is 217 Å². The van der Waals surface area contributed by atoms with Crippen molar-refractivity contribution in [2.24, 2.45) is 0 Å². The van der Waals surface area contributed by atoms with E-state index < -0.39 is 0 Å². The van der Waals surface area contributed by atoms with Gasteiger partial charge < -0.3 is 15.4 Å². The van der Waals surface area contributed by atoms with Crippen molar-refractivity contribution in [1.29, 1.82) is 0 Å². The first-order chi connectivity index (χ1) is 17.4. The topological polar surface area (TPSA) is 73.9 Å². The Morgan fingerprint density at radius 2 is 1.81 bits per heavy atom. The molecule has 1 fully saturated rings. The molecule has 1 unspecified atom stereocenters. The van der Waals surface area contributed by atoms with Gasteiger partial charge in [0.05, 0.1) is 18.8 Å². The van der Waals surface area contributed by atoms with Crippen LogP contribution in [0.5, 0.6) is 5.75 Å². The van der Waals surface area contributed by atoms with Gasteiger partial charge in [-0.05, 0) is 61.2 Å². The van der Waals surface area contributed by atoms with Gasteiger partial charge in [-0.25, -0.2) is 4.79 Å². The second kappa shape index (κ2) is 11.9. The number of carbonyl (C=O) groups is 2. The number of halogens is 1. The van der Waals surface area contributed by atoms with Crippen LogP contribution >= 0.6 is 11.6 Å². The number of hydrogen-bond acceptors (Lipinski definition) is 4. The summed E-state index contributed by atoms with van der Waals surface area (Å²) in [7, 11) is 3.18. The molecule has 7 nitrogen and oxygen atoms in total. The molecule has 0 saturated carbocycles. The van der Waals surface area contributed by atoms with Gasteiger partial charge >= 0.3 is 6.03 Å². The predicted molar refractivity (Wildman–Crippen MR) is 144 cm³/mol. The summed E-state index contributed by atoms with van der Waals surface area (Å²) >= 11 is 5.91. The van der Waals surface area contributed by atoms with Crippen LogP contribution in [-0.2, 0) is 6.54 Å². The van der Waals surface area contributed by atoms with E-state index in [1.807, 2.05) is 18.2 Å². The fourth-order valence-electron chi connectivity index (χ4n) is 4.32. The number of rotatable bonds is 7. The van der Waals surface area contributed by atoms with E-state index in [2.05, 4.69) is 27.7 Å². The molecule has 0 aliphatic carbocycles. The standard InChI is InChI=1S/C28H31ClN4O3/c1-32(28(35)30-22-13-11-21(29)12-14-22)23-15-16-24(25(18-23)36-2)27(34)31-26-10-6-7-17-33(26)19-20-8-4-3-5-9-20/h3-5,8-9,11-16,18,26H,6-7,10,17,19H2,1-2H3,(H,30,35)(H,31,34). The number of likely N-dealkylation sites (tertiary alicyclic amines) is 1. The van der Waals surface area contributed by atoms with Gasteiger partial charge in [-0.3, -0.25) is 14.6 Å². The largest absolute Gasteiger partial charge is 0.496 e. The zero-order valence-corrected chi connectivity index (χ0v) is 21.3. The lowest BCUT2D eigenvalue weighted by Crippen LogP contribution is -2.50. The highest BCUT2D eigenvalue weighted by Gasteiger charge is 2.26. The Balaban J connectivity index is 1.44. The molecule has 1 aliphatic heterocycles. The smallest absolute Gasteiger partial charge is 0.326 e. The molecule has 0 bridgehead atoms. The zero-order valence-electron chi connectivity index (χ0n) is 20.5. The molecule has 3 amide bonds. The van der Waals surface area contributed by atoms with Gasteiger partial charge in [-0.2, -0.15) is 0 Å². The van der Waals surface area contributed by atoms with Crippen LogP contribution < -0.4 is 20.3 Å². The number of anilines is 2. The van der Waals surface area contributed by atoms with Gasteiger partial charge in [-0.1, -0.05) is 41.9 Å². The van der Waals surface area contributed by atoms with Crippen LogP contribution in [0.2, 0.25) is 5.02 Å². The van der Waals surface area contributed by atoms with Crippen LogP contribution in [0.1, 0.15) is 35.2 Å². The van der Waals surface area contributed by atoms with E-state index in [4.69, 9.17) is 16.3 Å². The minimum Gasteiger partial charge on any atom is -0.496 e. The quantitative estimate of drug-likeness (QED) is 0.427. The molecule has 188 valence electrons. The summed E-state index contributed by atoms with van der Waals surface area (Å²) in [5, 5.41) is 6.61. The summed E-state index contributed by atoms with van der Waals surface area (Å²) in [5.74, 6) is 0.207. The lowest BCUT2D eigenvalue weighted by molar-refractivity contribution is 0.0751. The zero-order chi connectivity index (χ0) is 25.5. The van der Waals surface area contributed by atoms with Crippen molar-refractivity contribution in [1.82, 2.24) is 10.2 Å². The summed E-state index contributed by atoms with van der Waals surface area (Å²) in [6, 6.07) is 22.0. The summed E-state index contributed by atoms with van der Waals surface area (Å²) in [4.78, 5) is 29.7. The number of ether oxygens (including phenoxy) is 1. The van der Waals surface area contributed by atoms with Gasteiger partial charge in [-0.15, -0.1) is 0 Å². The highest BCUT2D eigenvalue weighted by atomic mass is 35.5. The molecule has 3 aromatic carbocycles. The van der Waals surface area contributed by atoms with Gasteiger partial charge in [0.15, 0.2) is 0 Å². The van der Waals surface area contributed by atoms with E-state index in [0.29, 0.717) is 27.7 Å². The third-order valence-electron chi connectivity index (χ3n) is 6.36. The molecule has 3 aromatic rings. The molecule has 1 saturated heterocycles. The van der Waals surface area contributed by atoms with E-state index in [1.165, 1.54) is 17.6 Å². The number of urea groups is 1. The van der Waals surface area contributed by atoms with E-state index >= 15 is 0 Å². The summed E-state index contributed by atoms with van der Waals surface area (Å²) < 4.78 is 5.53. The molecule has 8 heteroatoms. The molecule has 0 radical (unpaired) electrons. The minimum absolute atomic E-state index is 0.0522. The summed E-state index contributed by atoms with van der Waals surface area (Å²) in [6.07, 6.45) is 3.03. The normalized spacial score (nSPS) is 15.7. The Morgan fingerprint density at radius 3 is 2.53 bits per heavy atom. The number of piperidine rings is 1. The second-order valence-corrected chi connectivity index (χ2v) is 9.26. The van der Waals surface area contributed by atoms with Crippen molar-refractivity contribution >= 4 is 34.9 Å². The molecule has 1 heterocycles. The first kappa shape index (κ1) is 25.5. The Hall–Kier alpha value is -3.55. The van der Waals surface area contributed by atoms with Crippen LogP contribution in [-0.4, -0.2) is 43.7 Å². The monoisotopic (exact) mass is 506 g/mol. The first-order valence-electron chi connectivity index (χ1n) is 12.0. The summed E-state index contributed by atoms with van der Waals surface area (Å²) in [5.41, 5.74) is 2.88. The lowest BCUT2D eigenvalue weighted by Gasteiger charge is -2.36. The highest BCUT2D eigenvalue weighted by Crippen LogP contribution is 2.27. The van der Waals surface area contributed by atoms with E-state index in [-0.39, 0.29) is 18.1 Å². The Morgan fingerprint density at radius 1 is 1.06 bits per heavy atom. The molecule has 4 rings (SSSR count). The molecule has 0 aromatic heterocycles. The fraction of sp³-hybridized carbons (Fsp3) is 0.286. The van der Waals surface area contributed by atoms with Crippen molar-refractivity contribution in [2.75, 3.05) is 30.9 Å². The van der Waals surface area contributed by atoms with Crippen LogP contribution in [0.25, 0.3) is 0 Å². The van der Waals surface area contributed by atoms with Crippen molar-refractivity contribution < 1.29 is 14.3 Å². The molecule has 1 atom stereocenters. The number of hydrogen-bond donors (Lipinski definition) is 2. The molecule has 0 spiro atoms. The Kier molecular flexibility index (Phi) is 8.46. The lowest BCUT2D eigenvalue weighted by atomic mass is 10.1. The maximum absolute atomic E-state index is 13.3. The number of carbonyl (C=O) groups excluding carboxylic acids is 2. The number of amides is 3. The fourth-order valence-corrected chi connectivity index (χ4v) is 4.45. The van der Waals surface area contributed by atoms with Crippen molar-refractivity contribution in [3.05, 3.63) is 88.9 Å². The SMILES string of the molecule is COc1cc(N(C)C(=O)Nc2ccc(Cl)cc2)ccc1C(=O)NC1CCCCN1Cc1ccccc1. The maximum Gasteiger partial charge on any atom is 0.326 e. The molecule has 1 aliphatic rings. The Bertz CT molecular complexity index is 1190. The van der Waals surface area contributed by atoms with Gasteiger partial charge in [0, 0.05) is 42.6 Å². The number of nitrogens with zero attached hydrogens (tertiary/aromatic N) is 2. The van der Waals surface area contributed by atoms with Crippen LogP contribution in [0, 0.1) is 0 Å². The third kappa shape index (κ3) is 6.36. The van der Waals surface area contributed by atoms with Crippen LogP contribution in [0.15, 0.2) is 72.8 Å². The van der Waals surface area contributed by atoms with E-state index in [1.54, 1.807) is 49.5 Å². The van der Waals surface area contributed by atoms with Crippen molar-refractivity contribution in [2.45, 2.75) is 32.0 Å². The predicted octanol–water partition coefficient (Wildman–Crippen LogP) is 5.76. The second-order valence-electron chi connectivity index (χ2n) is 8.82. The third-order valence-corrected chi connectivity index (χ3v) is 6.61. The average Bonchev–Trinajstić information content (AvgIpc) is 2.90. The average molecular weight is 507 g/mol.